The Morgan fingerprint density at radius 1 is 1.22 bits per heavy atom. The van der Waals surface area contributed by atoms with Gasteiger partial charge in [-0.15, -0.1) is 0 Å². The van der Waals surface area contributed by atoms with E-state index in [9.17, 15) is 19.7 Å². The summed E-state index contributed by atoms with van der Waals surface area (Å²) in [6.45, 7) is 0. The highest BCUT2D eigenvalue weighted by Gasteiger charge is 2.25. The number of aromatic amines is 1. The number of hydrogen-bond donors (Lipinski definition) is 3. The Labute approximate surface area is 153 Å². The van der Waals surface area contributed by atoms with Crippen molar-refractivity contribution in [2.75, 3.05) is 5.32 Å². The van der Waals surface area contributed by atoms with E-state index in [1.165, 1.54) is 18.3 Å². The van der Waals surface area contributed by atoms with Crippen LogP contribution in [0.15, 0.2) is 48.7 Å². The van der Waals surface area contributed by atoms with Crippen LogP contribution >= 0.6 is 0 Å². The molecule has 0 radical (unpaired) electrons. The lowest BCUT2D eigenvalue weighted by molar-refractivity contribution is -0.384. The molecule has 2 aromatic carbocycles. The fourth-order valence-electron chi connectivity index (χ4n) is 3.37. The molecule has 1 unspecified atom stereocenters. The van der Waals surface area contributed by atoms with Gasteiger partial charge in [0.2, 0.25) is 5.91 Å². The predicted octanol–water partition coefficient (Wildman–Crippen LogP) is 3.28. The molecule has 1 atom stereocenters. The Bertz CT molecular complexity index is 1070. The number of H-pyrrole nitrogens is 1. The Morgan fingerprint density at radius 3 is 2.78 bits per heavy atom. The third-order valence-electron chi connectivity index (χ3n) is 4.70. The van der Waals surface area contributed by atoms with Crippen LogP contribution in [0.1, 0.15) is 34.8 Å². The molecule has 8 nitrogen and oxygen atoms in total. The Kier molecular flexibility index (Phi) is 4.08. The summed E-state index contributed by atoms with van der Waals surface area (Å²) in [6, 6.07) is 11.5. The highest BCUT2D eigenvalue weighted by atomic mass is 16.6. The van der Waals surface area contributed by atoms with Crippen LogP contribution in [-0.2, 0) is 4.79 Å². The first kappa shape index (κ1) is 16.8. The number of hydrogen-bond acceptors (Lipinski definition) is 4. The molecular weight excluding hydrogens is 348 g/mol. The van der Waals surface area contributed by atoms with Crippen molar-refractivity contribution in [2.24, 2.45) is 0 Å². The molecule has 4 rings (SSSR count). The maximum absolute atomic E-state index is 12.8. The van der Waals surface area contributed by atoms with Gasteiger partial charge in [-0.1, -0.05) is 18.2 Å². The first-order chi connectivity index (χ1) is 13.0. The molecule has 1 fully saturated rings. The topological polar surface area (TPSA) is 117 Å². The van der Waals surface area contributed by atoms with Gasteiger partial charge in [-0.25, -0.2) is 0 Å². The number of anilines is 1. The molecule has 0 aliphatic carbocycles. The molecule has 1 aliphatic heterocycles. The van der Waals surface area contributed by atoms with Gasteiger partial charge in [0, 0.05) is 35.8 Å². The number of fused-ring (bicyclic) bond motifs is 1. The molecule has 27 heavy (non-hydrogen) atoms. The van der Waals surface area contributed by atoms with Crippen molar-refractivity contribution in [1.29, 1.82) is 0 Å². The Balaban J connectivity index is 1.63. The van der Waals surface area contributed by atoms with Crippen molar-refractivity contribution in [3.63, 3.8) is 0 Å². The number of carbonyl (C=O) groups is 2. The Hall–Kier alpha value is -3.68. The molecule has 0 bridgehead atoms. The third kappa shape index (κ3) is 3.12. The van der Waals surface area contributed by atoms with Gasteiger partial charge >= 0.3 is 0 Å². The maximum atomic E-state index is 12.8. The number of nitrogens with one attached hydrogen (secondary N) is 3. The summed E-state index contributed by atoms with van der Waals surface area (Å²) < 4.78 is 0. The number of rotatable bonds is 4. The molecule has 0 spiro atoms. The lowest BCUT2D eigenvalue weighted by Gasteiger charge is -2.16. The fraction of sp³-hybridized carbons (Fsp3) is 0.158. The lowest BCUT2D eigenvalue weighted by atomic mass is 10.0. The third-order valence-corrected chi connectivity index (χ3v) is 4.70. The van der Waals surface area contributed by atoms with Crippen LogP contribution in [0.2, 0.25) is 0 Å². The second-order valence-electron chi connectivity index (χ2n) is 6.39. The maximum Gasteiger partial charge on any atom is 0.271 e. The van der Waals surface area contributed by atoms with Gasteiger partial charge in [-0.3, -0.25) is 19.7 Å². The van der Waals surface area contributed by atoms with Gasteiger partial charge in [0.1, 0.15) is 0 Å². The van der Waals surface area contributed by atoms with Gasteiger partial charge in [0.25, 0.3) is 11.6 Å². The molecule has 8 heteroatoms. The summed E-state index contributed by atoms with van der Waals surface area (Å²) in [6.07, 6.45) is 2.68. The van der Waals surface area contributed by atoms with E-state index in [4.69, 9.17) is 0 Å². The number of nitrogens with zero attached hydrogens (tertiary/aromatic N) is 1. The van der Waals surface area contributed by atoms with Crippen molar-refractivity contribution >= 4 is 34.1 Å². The molecular formula is C19H16N4O4. The van der Waals surface area contributed by atoms with Crippen molar-refractivity contribution in [2.45, 2.75) is 18.9 Å². The minimum atomic E-state index is -0.480. The van der Waals surface area contributed by atoms with E-state index in [2.05, 4.69) is 15.6 Å². The summed E-state index contributed by atoms with van der Waals surface area (Å²) in [7, 11) is 0. The molecule has 136 valence electrons. The largest absolute Gasteiger partial charge is 0.360 e. The van der Waals surface area contributed by atoms with Gasteiger partial charge in [0.15, 0.2) is 0 Å². The van der Waals surface area contributed by atoms with Crippen LogP contribution in [0.25, 0.3) is 10.9 Å². The van der Waals surface area contributed by atoms with Crippen LogP contribution < -0.4 is 10.6 Å². The molecule has 2 amide bonds. The summed E-state index contributed by atoms with van der Waals surface area (Å²) >= 11 is 0. The van der Waals surface area contributed by atoms with Crippen molar-refractivity contribution < 1.29 is 14.5 Å². The highest BCUT2D eigenvalue weighted by molar-refractivity contribution is 6.13. The first-order valence-corrected chi connectivity index (χ1v) is 8.48. The Morgan fingerprint density at radius 2 is 2.04 bits per heavy atom. The van der Waals surface area contributed by atoms with E-state index < -0.39 is 4.92 Å². The van der Waals surface area contributed by atoms with Gasteiger partial charge in [-0.05, 0) is 24.1 Å². The zero-order chi connectivity index (χ0) is 19.0. The number of benzene rings is 2. The van der Waals surface area contributed by atoms with E-state index in [0.717, 1.165) is 5.56 Å². The predicted molar refractivity (Wildman–Crippen MR) is 99.5 cm³/mol. The number of nitro benzene ring substituents is 1. The van der Waals surface area contributed by atoms with Crippen molar-refractivity contribution in [3.8, 4) is 0 Å². The molecule has 0 saturated carbocycles. The minimum absolute atomic E-state index is 0.000600. The van der Waals surface area contributed by atoms with Crippen LogP contribution in [0.5, 0.6) is 0 Å². The smallest absolute Gasteiger partial charge is 0.271 e. The van der Waals surface area contributed by atoms with Crippen molar-refractivity contribution in [3.05, 3.63) is 69.9 Å². The van der Waals surface area contributed by atoms with Crippen LogP contribution in [0.3, 0.4) is 0 Å². The minimum Gasteiger partial charge on any atom is -0.360 e. The molecule has 1 aromatic heterocycles. The van der Waals surface area contributed by atoms with E-state index in [1.807, 2.05) is 18.2 Å². The van der Waals surface area contributed by atoms with Crippen LogP contribution in [0.4, 0.5) is 11.4 Å². The number of aromatic nitrogens is 1. The average molecular weight is 364 g/mol. The van der Waals surface area contributed by atoms with Crippen LogP contribution in [0, 0.1) is 10.1 Å². The second kappa shape index (κ2) is 6.56. The SMILES string of the molecule is O=C1CCC(c2ccccc2NC(=O)c2c[nH]c3cc([N+](=O)[O-])ccc23)N1. The van der Waals surface area contributed by atoms with E-state index in [-0.39, 0.29) is 23.5 Å². The summed E-state index contributed by atoms with van der Waals surface area (Å²) in [5, 5.41) is 17.3. The molecule has 3 aromatic rings. The normalized spacial score (nSPS) is 16.3. The molecule has 1 saturated heterocycles. The van der Waals surface area contributed by atoms with Gasteiger partial charge in [0.05, 0.1) is 22.0 Å². The second-order valence-corrected chi connectivity index (χ2v) is 6.39. The number of carbonyl (C=O) groups excluding carboxylic acids is 2. The van der Waals surface area contributed by atoms with E-state index in [0.29, 0.717) is 35.0 Å². The summed E-state index contributed by atoms with van der Waals surface area (Å²) in [5.41, 5.74) is 2.35. The van der Waals surface area contributed by atoms with Crippen LogP contribution in [-0.4, -0.2) is 21.7 Å². The fourth-order valence-corrected chi connectivity index (χ4v) is 3.37. The van der Waals surface area contributed by atoms with E-state index >= 15 is 0 Å². The summed E-state index contributed by atoms with van der Waals surface area (Å²) in [4.78, 5) is 37.6. The quantitative estimate of drug-likeness (QED) is 0.486. The number of amides is 2. The number of para-hydroxylation sites is 1. The molecule has 2 heterocycles. The van der Waals surface area contributed by atoms with E-state index in [1.54, 1.807) is 12.1 Å². The molecule has 3 N–H and O–H groups in total. The number of non-ortho nitro benzene ring substituents is 1. The molecule has 1 aliphatic rings. The monoisotopic (exact) mass is 364 g/mol. The summed E-state index contributed by atoms with van der Waals surface area (Å²) in [5.74, 6) is -0.328. The van der Waals surface area contributed by atoms with Gasteiger partial charge in [-0.2, -0.15) is 0 Å². The standard InChI is InChI=1S/C19H16N4O4/c24-18-8-7-16(21-18)13-3-1-2-4-15(13)22-19(25)14-10-20-17-9-11(23(26)27)5-6-12(14)17/h1-6,9-10,16,20H,7-8H2,(H,21,24)(H,22,25). The zero-order valence-corrected chi connectivity index (χ0v) is 14.2. The zero-order valence-electron chi connectivity index (χ0n) is 14.2. The average Bonchev–Trinajstić information content (AvgIpc) is 3.27. The number of nitro groups is 1. The van der Waals surface area contributed by atoms with Gasteiger partial charge < -0.3 is 15.6 Å². The lowest BCUT2D eigenvalue weighted by Crippen LogP contribution is -2.20. The first-order valence-electron chi connectivity index (χ1n) is 8.48. The highest BCUT2D eigenvalue weighted by Crippen LogP contribution is 2.30. The van der Waals surface area contributed by atoms with Crippen molar-refractivity contribution in [1.82, 2.24) is 10.3 Å².